The van der Waals surface area contributed by atoms with Crippen LogP contribution in [-0.2, 0) is 20.8 Å². The first-order valence-corrected chi connectivity index (χ1v) is 6.69. The van der Waals surface area contributed by atoms with Crippen LogP contribution in [0.3, 0.4) is 0 Å². The van der Waals surface area contributed by atoms with Crippen molar-refractivity contribution in [2.24, 2.45) is 0 Å². The molecule has 1 aromatic carbocycles. The number of imide groups is 1. The number of hydrogen-bond donors (Lipinski definition) is 1. The Morgan fingerprint density at radius 3 is 2.71 bits per heavy atom. The molecule has 1 aliphatic rings. The third kappa shape index (κ3) is 2.90. The van der Waals surface area contributed by atoms with Crippen LogP contribution in [0.2, 0.25) is 5.02 Å². The van der Waals surface area contributed by atoms with Crippen molar-refractivity contribution in [1.29, 1.82) is 0 Å². The zero-order valence-corrected chi connectivity index (χ0v) is 12.3. The highest BCUT2D eigenvalue weighted by Gasteiger charge is 2.43. The van der Waals surface area contributed by atoms with Gasteiger partial charge in [0.05, 0.1) is 6.42 Å². The van der Waals surface area contributed by atoms with E-state index in [-0.39, 0.29) is 23.6 Å². The maximum Gasteiger partial charge on any atom is 0.252 e. The van der Waals surface area contributed by atoms with Gasteiger partial charge < -0.3 is 4.90 Å². The summed E-state index contributed by atoms with van der Waals surface area (Å²) in [5.74, 6) is -2.25. The summed E-state index contributed by atoms with van der Waals surface area (Å²) >= 11 is 5.88. The second kappa shape index (κ2) is 5.44. The summed E-state index contributed by atoms with van der Waals surface area (Å²) < 4.78 is 13.7. The summed E-state index contributed by atoms with van der Waals surface area (Å²) in [6.45, 7) is 2.80. The number of rotatable bonds is 2. The van der Waals surface area contributed by atoms with E-state index < -0.39 is 29.1 Å². The Balaban J connectivity index is 2.27. The molecule has 1 N–H and O–H groups in total. The Bertz CT molecular complexity index is 610. The van der Waals surface area contributed by atoms with Gasteiger partial charge in [-0.1, -0.05) is 17.7 Å². The van der Waals surface area contributed by atoms with Gasteiger partial charge in [-0.3, -0.25) is 19.7 Å². The zero-order valence-electron chi connectivity index (χ0n) is 11.6. The number of carbonyl (C=O) groups excluding carboxylic acids is 3. The highest BCUT2D eigenvalue weighted by Crippen LogP contribution is 2.23. The molecule has 7 heteroatoms. The van der Waals surface area contributed by atoms with E-state index in [1.807, 2.05) is 0 Å². The molecule has 0 bridgehead atoms. The predicted octanol–water partition coefficient (Wildman–Crippen LogP) is 1.29. The fraction of sp³-hybridized carbons (Fsp3) is 0.357. The number of piperazine rings is 1. The van der Waals surface area contributed by atoms with Crippen LogP contribution >= 0.6 is 11.6 Å². The lowest BCUT2D eigenvalue weighted by Crippen LogP contribution is -2.65. The lowest BCUT2D eigenvalue weighted by molar-refractivity contribution is -0.155. The normalized spacial score (nSPS) is 17.6. The fourth-order valence-corrected chi connectivity index (χ4v) is 2.36. The molecular formula is C14H14ClFN2O3. The van der Waals surface area contributed by atoms with Crippen LogP contribution in [0, 0.1) is 5.82 Å². The van der Waals surface area contributed by atoms with Gasteiger partial charge in [-0.05, 0) is 26.0 Å². The molecule has 0 aromatic heterocycles. The summed E-state index contributed by atoms with van der Waals surface area (Å²) in [4.78, 5) is 36.7. The van der Waals surface area contributed by atoms with Crippen LogP contribution in [0.4, 0.5) is 4.39 Å². The largest absolute Gasteiger partial charge is 0.319 e. The first kappa shape index (κ1) is 15.4. The number of hydrogen-bond acceptors (Lipinski definition) is 3. The molecular weight excluding hydrogens is 299 g/mol. The number of benzene rings is 1. The van der Waals surface area contributed by atoms with Gasteiger partial charge in [0.2, 0.25) is 11.8 Å². The van der Waals surface area contributed by atoms with Gasteiger partial charge in [-0.25, -0.2) is 4.39 Å². The number of nitrogens with one attached hydrogen (secondary N) is 1. The van der Waals surface area contributed by atoms with Crippen molar-refractivity contribution < 1.29 is 18.8 Å². The molecule has 1 aliphatic heterocycles. The van der Waals surface area contributed by atoms with Gasteiger partial charge in [-0.15, -0.1) is 0 Å². The van der Waals surface area contributed by atoms with Crippen molar-refractivity contribution in [2.45, 2.75) is 25.8 Å². The van der Waals surface area contributed by atoms with Crippen LogP contribution < -0.4 is 5.32 Å². The van der Waals surface area contributed by atoms with E-state index in [0.29, 0.717) is 0 Å². The standard InChI is InChI=1S/C14H14ClFN2O3/c1-14(2)13(21)17-11(19)7-18(14)12(20)6-8-9(15)4-3-5-10(8)16/h3-5H,6-7H2,1-2H3,(H,17,19,21). The quantitative estimate of drug-likeness (QED) is 0.837. The van der Waals surface area contributed by atoms with Gasteiger partial charge in [0.1, 0.15) is 17.9 Å². The average Bonchev–Trinajstić information content (AvgIpc) is 2.38. The highest BCUT2D eigenvalue weighted by molar-refractivity contribution is 6.31. The van der Waals surface area contributed by atoms with Gasteiger partial charge >= 0.3 is 0 Å². The monoisotopic (exact) mass is 312 g/mol. The van der Waals surface area contributed by atoms with Crippen LogP contribution in [0.5, 0.6) is 0 Å². The van der Waals surface area contributed by atoms with Crippen LogP contribution in [-0.4, -0.2) is 34.7 Å². The molecule has 1 heterocycles. The Morgan fingerprint density at radius 1 is 1.43 bits per heavy atom. The molecule has 0 atom stereocenters. The second-order valence-electron chi connectivity index (χ2n) is 5.29. The predicted molar refractivity (Wildman–Crippen MR) is 74.1 cm³/mol. The molecule has 0 radical (unpaired) electrons. The van der Waals surface area contributed by atoms with Gasteiger partial charge in [-0.2, -0.15) is 0 Å². The lowest BCUT2D eigenvalue weighted by atomic mass is 9.97. The number of nitrogens with zero attached hydrogens (tertiary/aromatic N) is 1. The molecule has 0 unspecified atom stereocenters. The van der Waals surface area contributed by atoms with Crippen molar-refractivity contribution in [3.8, 4) is 0 Å². The van der Waals surface area contributed by atoms with Gasteiger partial charge in [0, 0.05) is 10.6 Å². The summed E-state index contributed by atoms with van der Waals surface area (Å²) in [5.41, 5.74) is -1.12. The minimum atomic E-state index is -1.18. The van der Waals surface area contributed by atoms with E-state index in [2.05, 4.69) is 5.32 Å². The number of amides is 3. The molecule has 1 aromatic rings. The molecule has 0 spiro atoms. The first-order chi connectivity index (χ1) is 9.73. The molecule has 1 fully saturated rings. The van der Waals surface area contributed by atoms with E-state index in [0.717, 1.165) is 4.90 Å². The topological polar surface area (TPSA) is 66.5 Å². The fourth-order valence-electron chi connectivity index (χ4n) is 2.13. The molecule has 3 amide bonds. The van der Waals surface area contributed by atoms with Crippen molar-refractivity contribution in [1.82, 2.24) is 10.2 Å². The van der Waals surface area contributed by atoms with Crippen molar-refractivity contribution in [3.05, 3.63) is 34.6 Å². The zero-order chi connectivity index (χ0) is 15.8. The van der Waals surface area contributed by atoms with Crippen molar-refractivity contribution in [2.75, 3.05) is 6.54 Å². The third-order valence-corrected chi connectivity index (χ3v) is 3.83. The van der Waals surface area contributed by atoms with E-state index >= 15 is 0 Å². The second-order valence-corrected chi connectivity index (χ2v) is 5.70. The molecule has 21 heavy (non-hydrogen) atoms. The minimum Gasteiger partial charge on any atom is -0.319 e. The molecule has 1 saturated heterocycles. The van der Waals surface area contributed by atoms with E-state index in [4.69, 9.17) is 11.6 Å². The summed E-state index contributed by atoms with van der Waals surface area (Å²) in [6, 6.07) is 4.12. The van der Waals surface area contributed by atoms with Crippen LogP contribution in [0.25, 0.3) is 0 Å². The Kier molecular flexibility index (Phi) is 4.00. The molecule has 0 saturated carbocycles. The average molecular weight is 313 g/mol. The van der Waals surface area contributed by atoms with E-state index in [1.54, 1.807) is 0 Å². The first-order valence-electron chi connectivity index (χ1n) is 6.31. The summed E-state index contributed by atoms with van der Waals surface area (Å²) in [6.07, 6.45) is -0.310. The molecule has 0 aliphatic carbocycles. The van der Waals surface area contributed by atoms with Gasteiger partial charge in [0.25, 0.3) is 5.91 Å². The third-order valence-electron chi connectivity index (χ3n) is 3.48. The van der Waals surface area contributed by atoms with Crippen LogP contribution in [0.15, 0.2) is 18.2 Å². The van der Waals surface area contributed by atoms with Crippen LogP contribution in [0.1, 0.15) is 19.4 Å². The number of carbonyl (C=O) groups is 3. The van der Waals surface area contributed by atoms with E-state index in [1.165, 1.54) is 32.0 Å². The minimum absolute atomic E-state index is 0.0541. The van der Waals surface area contributed by atoms with Crippen molar-refractivity contribution >= 4 is 29.3 Å². The Morgan fingerprint density at radius 2 is 2.10 bits per heavy atom. The molecule has 112 valence electrons. The van der Waals surface area contributed by atoms with Gasteiger partial charge in [0.15, 0.2) is 0 Å². The Hall–Kier alpha value is -1.95. The van der Waals surface area contributed by atoms with Crippen molar-refractivity contribution in [3.63, 3.8) is 0 Å². The number of halogens is 2. The molecule has 5 nitrogen and oxygen atoms in total. The SMILES string of the molecule is CC1(C)C(=O)NC(=O)CN1C(=O)Cc1c(F)cccc1Cl. The molecule has 2 rings (SSSR count). The van der Waals surface area contributed by atoms with E-state index in [9.17, 15) is 18.8 Å². The maximum atomic E-state index is 13.7. The Labute approximate surface area is 126 Å². The maximum absolute atomic E-state index is 13.7. The lowest BCUT2D eigenvalue weighted by Gasteiger charge is -2.40. The summed E-state index contributed by atoms with van der Waals surface area (Å²) in [7, 11) is 0. The smallest absolute Gasteiger partial charge is 0.252 e. The highest BCUT2D eigenvalue weighted by atomic mass is 35.5. The summed E-state index contributed by atoms with van der Waals surface area (Å²) in [5, 5.41) is 2.30.